The number of benzene rings is 3. The molecule has 0 aromatic heterocycles. The fourth-order valence-electron chi connectivity index (χ4n) is 4.07. The maximum absolute atomic E-state index is 11.7. The van der Waals surface area contributed by atoms with E-state index in [1.807, 2.05) is 79.0 Å². The van der Waals surface area contributed by atoms with Crippen LogP contribution in [0, 0.1) is 0 Å². The average Bonchev–Trinajstić information content (AvgIpc) is 3.39. The molecule has 3 aliphatic heterocycles. The van der Waals surface area contributed by atoms with Gasteiger partial charge in [0.05, 0.1) is 12.6 Å². The van der Waals surface area contributed by atoms with Gasteiger partial charge in [0.1, 0.15) is 12.0 Å². The van der Waals surface area contributed by atoms with E-state index in [2.05, 4.69) is 15.6 Å². The molecule has 160 valence electrons. The number of carbonyl (C=O) groups is 1. The Balaban J connectivity index is 1.37. The van der Waals surface area contributed by atoms with Crippen molar-refractivity contribution >= 4 is 41.0 Å². The lowest BCUT2D eigenvalue weighted by molar-refractivity contribution is -0.115. The maximum Gasteiger partial charge on any atom is 0.287 e. The summed E-state index contributed by atoms with van der Waals surface area (Å²) in [5.41, 5.74) is 3.40. The van der Waals surface area contributed by atoms with Gasteiger partial charge in [-0.2, -0.15) is 4.99 Å². The topological polar surface area (TPSA) is 87.4 Å². The van der Waals surface area contributed by atoms with E-state index in [9.17, 15) is 4.79 Å². The van der Waals surface area contributed by atoms with Gasteiger partial charge in [0.15, 0.2) is 11.9 Å². The monoisotopic (exact) mass is 435 g/mol. The predicted octanol–water partition coefficient (Wildman–Crippen LogP) is 4.63. The molecule has 0 fully saturated rings. The molecule has 3 aliphatic rings. The summed E-state index contributed by atoms with van der Waals surface area (Å²) < 4.78 is 6.20. The van der Waals surface area contributed by atoms with Crippen LogP contribution in [0.3, 0.4) is 0 Å². The number of aliphatic imine (C=N–C) groups is 2. The Kier molecular flexibility index (Phi) is 4.38. The lowest BCUT2D eigenvalue weighted by Gasteiger charge is -2.25. The fraction of sp³-hybridized carbons (Fsp3) is 0.0400. The van der Waals surface area contributed by atoms with E-state index in [1.165, 1.54) is 0 Å². The third kappa shape index (κ3) is 3.38. The molecule has 0 saturated heterocycles. The molecule has 8 heteroatoms. The second kappa shape index (κ2) is 7.54. The Morgan fingerprint density at radius 3 is 2.76 bits per heavy atom. The van der Waals surface area contributed by atoms with Crippen molar-refractivity contribution in [2.45, 2.75) is 6.42 Å². The van der Waals surface area contributed by atoms with Gasteiger partial charge in [0.25, 0.3) is 11.8 Å². The van der Waals surface area contributed by atoms with Gasteiger partial charge in [0, 0.05) is 17.4 Å². The standard InChI is InChI=1S/C25H18N6O2/c32-24-15-17-14-18(10-11-20(17)28-24)27-25-29-23-16-26-12-13-31(23,30-25)21-8-4-5-9-22(21)33-19-6-2-1-3-7-19/h1-14,16H,15H2,(H-,26,27,28,29,30,32)/p+1. The molecule has 0 radical (unpaired) electrons. The number of hydrogen-bond acceptors (Lipinski definition) is 6. The molecule has 3 aromatic carbocycles. The van der Waals surface area contributed by atoms with Gasteiger partial charge in [-0.05, 0) is 47.1 Å². The van der Waals surface area contributed by atoms with E-state index in [-0.39, 0.29) is 10.5 Å². The summed E-state index contributed by atoms with van der Waals surface area (Å²) in [5.74, 6) is 2.48. The van der Waals surface area contributed by atoms with Gasteiger partial charge in [0.2, 0.25) is 11.6 Å². The van der Waals surface area contributed by atoms with Crippen LogP contribution in [0.25, 0.3) is 0 Å². The van der Waals surface area contributed by atoms with E-state index in [0.29, 0.717) is 24.0 Å². The van der Waals surface area contributed by atoms with Crippen LogP contribution in [0.4, 0.5) is 17.1 Å². The number of nitrogens with zero attached hydrogens (tertiary/aromatic N) is 4. The minimum Gasteiger partial charge on any atom is -0.451 e. The zero-order chi connectivity index (χ0) is 22.3. The number of anilines is 2. The first-order valence-electron chi connectivity index (χ1n) is 10.5. The van der Waals surface area contributed by atoms with Crippen molar-refractivity contribution < 1.29 is 9.53 Å². The summed E-state index contributed by atoms with van der Waals surface area (Å²) in [7, 11) is 0. The number of guanidine groups is 1. The molecule has 3 aromatic rings. The lowest BCUT2D eigenvalue weighted by Crippen LogP contribution is -2.44. The molecule has 1 amide bonds. The van der Waals surface area contributed by atoms with Crippen LogP contribution in [0.2, 0.25) is 0 Å². The number of hydrogen-bond donors (Lipinski definition) is 2. The first-order chi connectivity index (χ1) is 16.2. The number of carbonyl (C=O) groups excluding carboxylic acids is 1. The van der Waals surface area contributed by atoms with Gasteiger partial charge in [-0.1, -0.05) is 34.9 Å². The van der Waals surface area contributed by atoms with Crippen molar-refractivity contribution in [2.24, 2.45) is 15.1 Å². The van der Waals surface area contributed by atoms with E-state index in [1.54, 1.807) is 12.4 Å². The Labute approximate surface area is 189 Å². The highest BCUT2D eigenvalue weighted by atomic mass is 16.5. The van der Waals surface area contributed by atoms with Crippen molar-refractivity contribution in [3.05, 3.63) is 90.8 Å². The molecule has 1 atom stereocenters. The summed E-state index contributed by atoms with van der Waals surface area (Å²) in [6, 6.07) is 23.1. The summed E-state index contributed by atoms with van der Waals surface area (Å²) in [4.78, 5) is 20.6. The first kappa shape index (κ1) is 19.1. The second-order valence-electron chi connectivity index (χ2n) is 7.76. The smallest absolute Gasteiger partial charge is 0.287 e. The zero-order valence-corrected chi connectivity index (χ0v) is 17.5. The molecule has 0 saturated carbocycles. The van der Waals surface area contributed by atoms with Gasteiger partial charge < -0.3 is 15.4 Å². The SMILES string of the molecule is O=C1Cc2cc(NC3=N[N+]4(c5ccccc5Oc5ccccc5)C=CN=CC4=N3)ccc2N1. The molecule has 0 aliphatic carbocycles. The number of ether oxygens (including phenoxy) is 1. The highest BCUT2D eigenvalue weighted by molar-refractivity contribution is 6.38. The van der Waals surface area contributed by atoms with Crippen LogP contribution in [0.1, 0.15) is 5.56 Å². The molecule has 3 heterocycles. The van der Waals surface area contributed by atoms with Gasteiger partial charge in [-0.25, -0.2) is 0 Å². The molecule has 0 spiro atoms. The second-order valence-corrected chi connectivity index (χ2v) is 7.76. The molecule has 33 heavy (non-hydrogen) atoms. The number of amidine groups is 1. The molecule has 2 N–H and O–H groups in total. The molecule has 1 unspecified atom stereocenters. The van der Waals surface area contributed by atoms with E-state index in [0.717, 1.165) is 28.4 Å². The van der Waals surface area contributed by atoms with Crippen molar-refractivity contribution in [3.63, 3.8) is 0 Å². The van der Waals surface area contributed by atoms with Crippen LogP contribution in [-0.2, 0) is 11.2 Å². The van der Waals surface area contributed by atoms with E-state index < -0.39 is 0 Å². The van der Waals surface area contributed by atoms with Crippen LogP contribution in [-0.4, -0.2) is 23.9 Å². The predicted molar refractivity (Wildman–Crippen MR) is 130 cm³/mol. The average molecular weight is 435 g/mol. The molecule has 0 bridgehead atoms. The first-order valence-corrected chi connectivity index (χ1v) is 10.5. The third-order valence-corrected chi connectivity index (χ3v) is 5.57. The highest BCUT2D eigenvalue weighted by Gasteiger charge is 2.45. The number of fused-ring (bicyclic) bond motifs is 2. The van der Waals surface area contributed by atoms with Crippen LogP contribution in [0.15, 0.2) is 100 Å². The number of para-hydroxylation sites is 3. The zero-order valence-electron chi connectivity index (χ0n) is 17.5. The lowest BCUT2D eigenvalue weighted by atomic mass is 10.1. The van der Waals surface area contributed by atoms with Crippen molar-refractivity contribution in [3.8, 4) is 11.5 Å². The number of amides is 1. The largest absolute Gasteiger partial charge is 0.451 e. The van der Waals surface area contributed by atoms with Crippen LogP contribution < -0.4 is 20.0 Å². The van der Waals surface area contributed by atoms with Gasteiger partial charge in [-0.15, -0.1) is 0 Å². The Morgan fingerprint density at radius 1 is 1.00 bits per heavy atom. The van der Waals surface area contributed by atoms with Crippen molar-refractivity contribution in [1.82, 2.24) is 4.59 Å². The molecular weight excluding hydrogens is 416 g/mol. The normalized spacial score (nSPS) is 19.9. The number of rotatable bonds is 4. The summed E-state index contributed by atoms with van der Waals surface area (Å²) >= 11 is 0. The van der Waals surface area contributed by atoms with Crippen molar-refractivity contribution in [1.29, 1.82) is 0 Å². The summed E-state index contributed by atoms with van der Waals surface area (Å²) in [6.45, 7) is 0. The maximum atomic E-state index is 11.7. The van der Waals surface area contributed by atoms with Crippen molar-refractivity contribution in [2.75, 3.05) is 10.6 Å². The molecule has 6 rings (SSSR count). The summed E-state index contributed by atoms with van der Waals surface area (Å²) in [6.07, 6.45) is 5.64. The Bertz CT molecular complexity index is 1390. The quantitative estimate of drug-likeness (QED) is 0.586. The third-order valence-electron chi connectivity index (χ3n) is 5.57. The minimum absolute atomic E-state index is 0.000176. The van der Waals surface area contributed by atoms with Crippen LogP contribution >= 0.6 is 0 Å². The molecule has 8 nitrogen and oxygen atoms in total. The van der Waals surface area contributed by atoms with Crippen LogP contribution in [0.5, 0.6) is 11.5 Å². The molecular formula is C25H19N6O2+. The fourth-order valence-corrected chi connectivity index (χ4v) is 4.07. The number of nitrogens with one attached hydrogen (secondary N) is 2. The van der Waals surface area contributed by atoms with E-state index >= 15 is 0 Å². The Hall–Kier alpha value is -4.56. The Morgan fingerprint density at radius 2 is 1.85 bits per heavy atom. The highest BCUT2D eigenvalue weighted by Crippen LogP contribution is 2.40. The summed E-state index contributed by atoms with van der Waals surface area (Å²) in [5, 5.41) is 11.0. The van der Waals surface area contributed by atoms with Gasteiger partial charge in [-0.3, -0.25) is 9.79 Å². The van der Waals surface area contributed by atoms with E-state index in [4.69, 9.17) is 14.8 Å². The van der Waals surface area contributed by atoms with Gasteiger partial charge >= 0.3 is 0 Å². The number of quaternary nitrogens is 1. The minimum atomic E-state index is -0.00129.